The summed E-state index contributed by atoms with van der Waals surface area (Å²) in [5.74, 6) is 0.516. The third kappa shape index (κ3) is 6.53. The third-order valence-electron chi connectivity index (χ3n) is 1.49. The van der Waals surface area contributed by atoms with Gasteiger partial charge in [-0.1, -0.05) is 6.92 Å². The van der Waals surface area contributed by atoms with Gasteiger partial charge in [0, 0.05) is 6.42 Å². The summed E-state index contributed by atoms with van der Waals surface area (Å²) in [7, 11) is -1.76. The summed E-state index contributed by atoms with van der Waals surface area (Å²) in [4.78, 5) is 3.92. The standard InChI is InChI=1S/C7H17N3O2S/c1-3-4-7(8)10-5-6-13(11,12)9-2/h9H,3-6H2,1-2H3,(H2,8,10). The number of hydrogen-bond acceptors (Lipinski definition) is 3. The third-order valence-corrected chi connectivity index (χ3v) is 2.83. The Labute approximate surface area is 79.5 Å². The van der Waals surface area contributed by atoms with Crippen molar-refractivity contribution in [3.8, 4) is 0 Å². The Bertz CT molecular complexity index is 259. The lowest BCUT2D eigenvalue weighted by atomic mass is 10.3. The van der Waals surface area contributed by atoms with Crippen LogP contribution in [-0.4, -0.2) is 33.6 Å². The Hall–Kier alpha value is -0.620. The van der Waals surface area contributed by atoms with Gasteiger partial charge in [-0.15, -0.1) is 0 Å². The van der Waals surface area contributed by atoms with Gasteiger partial charge in [0.05, 0.1) is 18.1 Å². The van der Waals surface area contributed by atoms with Crippen molar-refractivity contribution < 1.29 is 8.42 Å². The zero-order chi connectivity index (χ0) is 10.3. The van der Waals surface area contributed by atoms with Crippen molar-refractivity contribution >= 4 is 15.9 Å². The highest BCUT2D eigenvalue weighted by Gasteiger charge is 2.04. The zero-order valence-electron chi connectivity index (χ0n) is 8.08. The molecule has 0 aliphatic rings. The average molecular weight is 207 g/mol. The number of nitrogens with zero attached hydrogens (tertiary/aromatic N) is 1. The molecule has 0 aromatic rings. The molecule has 0 fully saturated rings. The Morgan fingerprint density at radius 3 is 2.62 bits per heavy atom. The van der Waals surface area contributed by atoms with E-state index in [0.29, 0.717) is 5.84 Å². The highest BCUT2D eigenvalue weighted by atomic mass is 32.2. The van der Waals surface area contributed by atoms with E-state index in [4.69, 9.17) is 5.73 Å². The molecule has 0 aliphatic carbocycles. The Kier molecular flexibility index (Phi) is 5.65. The molecule has 78 valence electrons. The van der Waals surface area contributed by atoms with Crippen LogP contribution in [0.1, 0.15) is 19.8 Å². The van der Waals surface area contributed by atoms with E-state index >= 15 is 0 Å². The van der Waals surface area contributed by atoms with Crippen LogP contribution < -0.4 is 10.5 Å². The molecule has 0 radical (unpaired) electrons. The van der Waals surface area contributed by atoms with E-state index in [1.54, 1.807) is 0 Å². The van der Waals surface area contributed by atoms with Crippen LogP contribution in [0, 0.1) is 0 Å². The van der Waals surface area contributed by atoms with Crippen molar-refractivity contribution in [2.75, 3.05) is 19.3 Å². The summed E-state index contributed by atoms with van der Waals surface area (Å²) < 4.78 is 24.0. The van der Waals surface area contributed by atoms with Crippen LogP contribution in [0.2, 0.25) is 0 Å². The molecule has 0 aromatic heterocycles. The molecule has 13 heavy (non-hydrogen) atoms. The number of nitrogens with one attached hydrogen (secondary N) is 1. The van der Waals surface area contributed by atoms with Crippen molar-refractivity contribution in [1.82, 2.24) is 4.72 Å². The minimum Gasteiger partial charge on any atom is -0.387 e. The quantitative estimate of drug-likeness (QED) is 0.463. The van der Waals surface area contributed by atoms with Crippen molar-refractivity contribution in [3.63, 3.8) is 0 Å². The lowest BCUT2D eigenvalue weighted by Gasteiger charge is -2.00. The number of aliphatic imine (C=N–C) groups is 1. The summed E-state index contributed by atoms with van der Waals surface area (Å²) in [6.07, 6.45) is 1.65. The average Bonchev–Trinajstić information content (AvgIpc) is 2.05. The van der Waals surface area contributed by atoms with E-state index in [1.807, 2.05) is 6.92 Å². The Morgan fingerprint density at radius 1 is 1.54 bits per heavy atom. The van der Waals surface area contributed by atoms with Crippen LogP contribution >= 0.6 is 0 Å². The fraction of sp³-hybridized carbons (Fsp3) is 0.857. The molecule has 0 heterocycles. The highest BCUT2D eigenvalue weighted by molar-refractivity contribution is 7.89. The van der Waals surface area contributed by atoms with E-state index in [2.05, 4.69) is 9.71 Å². The molecule has 0 unspecified atom stereocenters. The molecule has 0 aromatic carbocycles. The smallest absolute Gasteiger partial charge is 0.213 e. The van der Waals surface area contributed by atoms with Crippen molar-refractivity contribution in [1.29, 1.82) is 0 Å². The van der Waals surface area contributed by atoms with Gasteiger partial charge >= 0.3 is 0 Å². The second-order valence-electron chi connectivity index (χ2n) is 2.65. The second-order valence-corrected chi connectivity index (χ2v) is 4.69. The molecular weight excluding hydrogens is 190 g/mol. The molecule has 0 amide bonds. The van der Waals surface area contributed by atoms with E-state index in [-0.39, 0.29) is 12.3 Å². The lowest BCUT2D eigenvalue weighted by molar-refractivity contribution is 0.588. The summed E-state index contributed by atoms with van der Waals surface area (Å²) in [6, 6.07) is 0. The van der Waals surface area contributed by atoms with Crippen molar-refractivity contribution in [2.45, 2.75) is 19.8 Å². The predicted molar refractivity (Wildman–Crippen MR) is 54.2 cm³/mol. The summed E-state index contributed by atoms with van der Waals surface area (Å²) in [5, 5.41) is 0. The molecule has 5 nitrogen and oxygen atoms in total. The van der Waals surface area contributed by atoms with Crippen LogP contribution in [0.5, 0.6) is 0 Å². The first kappa shape index (κ1) is 12.4. The number of rotatable bonds is 6. The van der Waals surface area contributed by atoms with Gasteiger partial charge in [0.15, 0.2) is 0 Å². The van der Waals surface area contributed by atoms with Gasteiger partial charge in [-0.2, -0.15) is 0 Å². The van der Waals surface area contributed by atoms with E-state index in [9.17, 15) is 8.42 Å². The molecule has 0 spiro atoms. The molecule has 0 aliphatic heterocycles. The molecule has 0 rings (SSSR count). The maximum Gasteiger partial charge on any atom is 0.213 e. The van der Waals surface area contributed by atoms with Gasteiger partial charge < -0.3 is 5.73 Å². The number of sulfonamides is 1. The van der Waals surface area contributed by atoms with Gasteiger partial charge in [-0.05, 0) is 13.5 Å². The van der Waals surface area contributed by atoms with Crippen LogP contribution in [-0.2, 0) is 10.0 Å². The van der Waals surface area contributed by atoms with Crippen molar-refractivity contribution in [2.24, 2.45) is 10.7 Å². The Morgan fingerprint density at radius 2 is 2.15 bits per heavy atom. The molecule has 0 atom stereocenters. The van der Waals surface area contributed by atoms with Crippen LogP contribution in [0.4, 0.5) is 0 Å². The normalized spacial score (nSPS) is 13.2. The van der Waals surface area contributed by atoms with Crippen LogP contribution in [0.25, 0.3) is 0 Å². The van der Waals surface area contributed by atoms with E-state index < -0.39 is 10.0 Å². The summed E-state index contributed by atoms with van der Waals surface area (Å²) in [6.45, 7) is 2.22. The zero-order valence-corrected chi connectivity index (χ0v) is 8.89. The van der Waals surface area contributed by atoms with Gasteiger partial charge in [0.2, 0.25) is 10.0 Å². The maximum atomic E-state index is 10.9. The van der Waals surface area contributed by atoms with Gasteiger partial charge in [-0.25, -0.2) is 13.1 Å². The fourth-order valence-corrected chi connectivity index (χ4v) is 1.28. The first-order chi connectivity index (χ1) is 6.02. The van der Waals surface area contributed by atoms with Gasteiger partial charge in [0.1, 0.15) is 0 Å². The number of amidine groups is 1. The van der Waals surface area contributed by atoms with Gasteiger partial charge in [-0.3, -0.25) is 4.99 Å². The van der Waals surface area contributed by atoms with Crippen molar-refractivity contribution in [3.05, 3.63) is 0 Å². The largest absolute Gasteiger partial charge is 0.387 e. The minimum atomic E-state index is -3.14. The van der Waals surface area contributed by atoms with Gasteiger partial charge in [0.25, 0.3) is 0 Å². The fourth-order valence-electron chi connectivity index (χ4n) is 0.747. The first-order valence-electron chi connectivity index (χ1n) is 4.22. The molecule has 0 bridgehead atoms. The van der Waals surface area contributed by atoms with E-state index in [0.717, 1.165) is 12.8 Å². The number of hydrogen-bond donors (Lipinski definition) is 2. The molecule has 0 saturated heterocycles. The first-order valence-corrected chi connectivity index (χ1v) is 5.87. The SMILES string of the molecule is CCCC(N)=NCCS(=O)(=O)NC. The second kappa shape index (κ2) is 5.93. The Balaban J connectivity index is 3.85. The highest BCUT2D eigenvalue weighted by Crippen LogP contribution is 1.88. The maximum absolute atomic E-state index is 10.9. The number of nitrogens with two attached hydrogens (primary N) is 1. The topological polar surface area (TPSA) is 84.5 Å². The van der Waals surface area contributed by atoms with Crippen LogP contribution in [0.15, 0.2) is 4.99 Å². The summed E-state index contributed by atoms with van der Waals surface area (Å²) in [5.41, 5.74) is 5.49. The van der Waals surface area contributed by atoms with Crippen LogP contribution in [0.3, 0.4) is 0 Å². The lowest BCUT2D eigenvalue weighted by Crippen LogP contribution is -2.24. The summed E-state index contributed by atoms with van der Waals surface area (Å²) >= 11 is 0. The van der Waals surface area contributed by atoms with E-state index in [1.165, 1.54) is 7.05 Å². The predicted octanol–water partition coefficient (Wildman–Crippen LogP) is -0.307. The molecule has 3 N–H and O–H groups in total. The minimum absolute atomic E-state index is 0.00604. The monoisotopic (exact) mass is 207 g/mol. The molecule has 6 heteroatoms. The molecule has 0 saturated carbocycles. The molecular formula is C7H17N3O2S.